The molecule has 0 aliphatic carbocycles. The summed E-state index contributed by atoms with van der Waals surface area (Å²) in [7, 11) is -2.37. The van der Waals surface area contributed by atoms with Crippen LogP contribution < -0.4 is 4.74 Å². The lowest BCUT2D eigenvalue weighted by Gasteiger charge is -2.14. The van der Waals surface area contributed by atoms with Gasteiger partial charge < -0.3 is 9.84 Å². The van der Waals surface area contributed by atoms with E-state index in [9.17, 15) is 13.2 Å². The number of benzene rings is 1. The number of likely N-dealkylation sites (N-methyl/N-ethyl adjacent to an activating group) is 1. The van der Waals surface area contributed by atoms with E-state index in [1.807, 2.05) is 6.07 Å². The Morgan fingerprint density at radius 2 is 1.94 bits per heavy atom. The van der Waals surface area contributed by atoms with Gasteiger partial charge in [0.05, 0.1) is 5.75 Å². The normalized spacial score (nSPS) is 11.4. The second-order valence-corrected chi connectivity index (χ2v) is 5.82. The molecule has 0 fully saturated rings. The minimum Gasteiger partial charge on any atom is -0.492 e. The Morgan fingerprint density at radius 3 is 2.50 bits per heavy atom. The van der Waals surface area contributed by atoms with Crippen LogP contribution in [-0.2, 0) is 14.8 Å². The second-order valence-electron chi connectivity index (χ2n) is 3.63. The molecule has 0 radical (unpaired) electrons. The van der Waals surface area contributed by atoms with Gasteiger partial charge in [-0.25, -0.2) is 8.42 Å². The van der Waals surface area contributed by atoms with Gasteiger partial charge in [0.15, 0.2) is 0 Å². The summed E-state index contributed by atoms with van der Waals surface area (Å²) < 4.78 is 29.3. The molecule has 0 saturated carbocycles. The molecule has 6 nitrogen and oxygen atoms in total. The van der Waals surface area contributed by atoms with Crippen LogP contribution >= 0.6 is 0 Å². The monoisotopic (exact) mass is 273 g/mol. The largest absolute Gasteiger partial charge is 0.492 e. The zero-order valence-electron chi connectivity index (χ0n) is 9.94. The summed E-state index contributed by atoms with van der Waals surface area (Å²) in [5.74, 6) is -0.871. The van der Waals surface area contributed by atoms with Crippen LogP contribution in [0.2, 0.25) is 0 Å². The Balaban J connectivity index is 2.45. The molecule has 0 atom stereocenters. The smallest absolute Gasteiger partial charge is 0.318 e. The number of sulfonamides is 1. The van der Waals surface area contributed by atoms with Crippen LogP contribution in [0.5, 0.6) is 5.75 Å². The quantitative estimate of drug-likeness (QED) is 0.778. The molecular formula is C11H15NO5S. The molecule has 0 aromatic heterocycles. The summed E-state index contributed by atoms with van der Waals surface area (Å²) >= 11 is 0. The highest BCUT2D eigenvalue weighted by Gasteiger charge is 2.20. The van der Waals surface area contributed by atoms with Gasteiger partial charge in [-0.15, -0.1) is 0 Å². The predicted molar refractivity (Wildman–Crippen MR) is 66.0 cm³/mol. The lowest BCUT2D eigenvalue weighted by atomic mass is 10.3. The Kier molecular flexibility index (Phi) is 5.11. The van der Waals surface area contributed by atoms with Crippen molar-refractivity contribution in [2.45, 2.75) is 0 Å². The lowest BCUT2D eigenvalue weighted by Crippen LogP contribution is -2.35. The Morgan fingerprint density at radius 1 is 1.33 bits per heavy atom. The molecule has 100 valence electrons. The average molecular weight is 273 g/mol. The van der Waals surface area contributed by atoms with E-state index in [4.69, 9.17) is 9.84 Å². The predicted octanol–water partition coefficient (Wildman–Crippen LogP) is 0.412. The molecular weight excluding hydrogens is 258 g/mol. The van der Waals surface area contributed by atoms with Crippen LogP contribution in [0.1, 0.15) is 0 Å². The first-order valence-electron chi connectivity index (χ1n) is 5.25. The first kappa shape index (κ1) is 14.5. The fourth-order valence-corrected chi connectivity index (χ4v) is 2.14. The standard InChI is InChI=1S/C11H15NO5S/c1-12(9-11(13)14)18(15,16)8-7-17-10-5-3-2-4-6-10/h2-6H,7-9H2,1H3,(H,13,14). The van der Waals surface area contributed by atoms with E-state index < -0.39 is 22.5 Å². The Bertz CT molecular complexity index is 485. The fourth-order valence-electron chi connectivity index (χ4n) is 1.23. The third-order valence-electron chi connectivity index (χ3n) is 2.19. The van der Waals surface area contributed by atoms with Crippen molar-refractivity contribution in [3.8, 4) is 5.75 Å². The van der Waals surface area contributed by atoms with Crippen molar-refractivity contribution in [1.29, 1.82) is 0 Å². The molecule has 0 amide bonds. The third-order valence-corrected chi connectivity index (χ3v) is 3.95. The van der Waals surface area contributed by atoms with Gasteiger partial charge in [0.25, 0.3) is 0 Å². The SMILES string of the molecule is CN(CC(=O)O)S(=O)(=O)CCOc1ccccc1. The molecule has 0 aliphatic rings. The Hall–Kier alpha value is -1.60. The third kappa shape index (κ3) is 4.72. The molecule has 0 bridgehead atoms. The van der Waals surface area contributed by atoms with Crippen molar-refractivity contribution < 1.29 is 23.1 Å². The number of carboxylic acid groups (broad SMARTS) is 1. The number of rotatable bonds is 7. The molecule has 18 heavy (non-hydrogen) atoms. The Labute approximate surface area is 106 Å². The highest BCUT2D eigenvalue weighted by atomic mass is 32.2. The van der Waals surface area contributed by atoms with E-state index in [-0.39, 0.29) is 12.4 Å². The molecule has 1 rings (SSSR count). The molecule has 0 saturated heterocycles. The fraction of sp³-hybridized carbons (Fsp3) is 0.364. The van der Waals surface area contributed by atoms with Gasteiger partial charge in [-0.05, 0) is 12.1 Å². The molecule has 0 unspecified atom stereocenters. The van der Waals surface area contributed by atoms with Crippen LogP contribution in [0.4, 0.5) is 0 Å². The van der Waals surface area contributed by atoms with Gasteiger partial charge in [-0.2, -0.15) is 4.31 Å². The summed E-state index contributed by atoms with van der Waals surface area (Å²) in [4.78, 5) is 10.4. The maximum Gasteiger partial charge on any atom is 0.318 e. The number of hydrogen-bond acceptors (Lipinski definition) is 4. The van der Waals surface area contributed by atoms with Crippen LogP contribution in [-0.4, -0.2) is 49.8 Å². The first-order chi connectivity index (χ1) is 8.42. The van der Waals surface area contributed by atoms with Crippen molar-refractivity contribution in [2.24, 2.45) is 0 Å². The minimum absolute atomic E-state index is 0.0176. The number of ether oxygens (including phenoxy) is 1. The van der Waals surface area contributed by atoms with Crippen LogP contribution in [0.3, 0.4) is 0 Å². The number of aliphatic carboxylic acids is 1. The first-order valence-corrected chi connectivity index (χ1v) is 6.86. The highest BCUT2D eigenvalue weighted by Crippen LogP contribution is 2.08. The van der Waals surface area contributed by atoms with Gasteiger partial charge in [0.2, 0.25) is 10.0 Å². The van der Waals surface area contributed by atoms with Crippen LogP contribution in [0, 0.1) is 0 Å². The number of carboxylic acids is 1. The van der Waals surface area contributed by atoms with Crippen molar-refractivity contribution in [1.82, 2.24) is 4.31 Å². The molecule has 0 aliphatic heterocycles. The summed E-state index contributed by atoms with van der Waals surface area (Å²) in [5, 5.41) is 8.51. The maximum atomic E-state index is 11.6. The van der Waals surface area contributed by atoms with Gasteiger partial charge in [-0.3, -0.25) is 4.79 Å². The second kappa shape index (κ2) is 6.36. The molecule has 1 aromatic rings. The molecule has 1 N–H and O–H groups in total. The van der Waals surface area contributed by atoms with E-state index in [2.05, 4.69) is 0 Å². The van der Waals surface area contributed by atoms with Gasteiger partial charge in [0, 0.05) is 7.05 Å². The van der Waals surface area contributed by atoms with Crippen molar-refractivity contribution in [3.63, 3.8) is 0 Å². The zero-order valence-corrected chi connectivity index (χ0v) is 10.8. The van der Waals surface area contributed by atoms with Crippen molar-refractivity contribution >= 4 is 16.0 Å². The van der Waals surface area contributed by atoms with E-state index >= 15 is 0 Å². The van der Waals surface area contributed by atoms with E-state index in [0.717, 1.165) is 4.31 Å². The highest BCUT2D eigenvalue weighted by molar-refractivity contribution is 7.89. The summed E-state index contributed by atoms with van der Waals surface area (Å²) in [5.41, 5.74) is 0. The maximum absolute atomic E-state index is 11.6. The van der Waals surface area contributed by atoms with E-state index in [0.29, 0.717) is 5.75 Å². The average Bonchev–Trinajstić information content (AvgIpc) is 2.29. The molecule has 7 heteroatoms. The summed E-state index contributed by atoms with van der Waals surface area (Å²) in [6.07, 6.45) is 0. The van der Waals surface area contributed by atoms with E-state index in [1.54, 1.807) is 24.3 Å². The molecule has 0 heterocycles. The van der Waals surface area contributed by atoms with Crippen LogP contribution in [0.15, 0.2) is 30.3 Å². The van der Waals surface area contributed by atoms with Crippen molar-refractivity contribution in [2.75, 3.05) is 26.0 Å². The lowest BCUT2D eigenvalue weighted by molar-refractivity contribution is -0.137. The number of hydrogen-bond donors (Lipinski definition) is 1. The van der Waals surface area contributed by atoms with Crippen LogP contribution in [0.25, 0.3) is 0 Å². The van der Waals surface area contributed by atoms with Gasteiger partial charge >= 0.3 is 5.97 Å². The zero-order chi connectivity index (χ0) is 13.6. The molecule has 0 spiro atoms. The van der Waals surface area contributed by atoms with Gasteiger partial charge in [0.1, 0.15) is 18.9 Å². The molecule has 1 aromatic carbocycles. The van der Waals surface area contributed by atoms with Crippen molar-refractivity contribution in [3.05, 3.63) is 30.3 Å². The summed E-state index contributed by atoms with van der Waals surface area (Å²) in [6, 6.07) is 8.81. The van der Waals surface area contributed by atoms with E-state index in [1.165, 1.54) is 7.05 Å². The summed E-state index contributed by atoms with van der Waals surface area (Å²) in [6.45, 7) is -0.565. The number of para-hydroxylation sites is 1. The topological polar surface area (TPSA) is 83.9 Å². The number of nitrogens with zero attached hydrogens (tertiary/aromatic N) is 1. The minimum atomic E-state index is -3.60. The number of carbonyl (C=O) groups is 1. The van der Waals surface area contributed by atoms with Gasteiger partial charge in [-0.1, -0.05) is 18.2 Å².